The van der Waals surface area contributed by atoms with Crippen molar-refractivity contribution in [2.75, 3.05) is 39.7 Å². The van der Waals surface area contributed by atoms with Crippen molar-refractivity contribution in [2.45, 2.75) is 43.5 Å². The third-order valence-corrected chi connectivity index (χ3v) is 9.99. The predicted molar refractivity (Wildman–Crippen MR) is 162 cm³/mol. The normalized spacial score (nSPS) is 31.9. The van der Waals surface area contributed by atoms with Crippen LogP contribution in [0.5, 0.6) is 5.75 Å². The maximum atomic E-state index is 14.2. The number of Topliss-reactive ketones (excluding diaryl/α,β-unsaturated/α-hetero) is 4. The summed E-state index contributed by atoms with van der Waals surface area (Å²) in [7, 11) is 6.62. The Morgan fingerprint density at radius 3 is 2.40 bits per heavy atom. The molecule has 2 aromatic carbocycles. The number of phenols is 1. The fourth-order valence-corrected chi connectivity index (χ4v) is 7.80. The molecule has 1 amide bonds. The Kier molecular flexibility index (Phi) is 8.29. The van der Waals surface area contributed by atoms with Gasteiger partial charge in [-0.3, -0.25) is 34.2 Å². The lowest BCUT2D eigenvalue weighted by Crippen LogP contribution is -2.74. The van der Waals surface area contributed by atoms with Gasteiger partial charge in [0.05, 0.1) is 24.1 Å². The molecule has 5 N–H and O–H groups in total. The minimum atomic E-state index is -2.80. The van der Waals surface area contributed by atoms with Gasteiger partial charge in [-0.15, -0.1) is 0 Å². The summed E-state index contributed by atoms with van der Waals surface area (Å²) >= 11 is 0. The van der Waals surface area contributed by atoms with E-state index < -0.39 is 76.9 Å². The number of nitrogens with zero attached hydrogens (tertiary/aromatic N) is 2. The second-order valence-electron chi connectivity index (χ2n) is 13.2. The minimum Gasteiger partial charge on any atom is -0.507 e. The molecule has 250 valence electrons. The molecule has 3 aliphatic carbocycles. The van der Waals surface area contributed by atoms with Crippen molar-refractivity contribution in [1.82, 2.24) is 10.2 Å². The zero-order valence-electron chi connectivity index (χ0n) is 26.4. The molecule has 3 fully saturated rings. The summed E-state index contributed by atoms with van der Waals surface area (Å²) in [5.74, 6) is -11.4. The van der Waals surface area contributed by atoms with Crippen LogP contribution in [0.4, 0.5) is 10.1 Å². The summed E-state index contributed by atoms with van der Waals surface area (Å²) in [6, 6.07) is 6.39. The first-order valence-electron chi connectivity index (χ1n) is 15.3. The number of nitrogens with two attached hydrogens (primary N) is 1. The van der Waals surface area contributed by atoms with Crippen molar-refractivity contribution >= 4 is 34.7 Å². The molecule has 0 bridgehead atoms. The van der Waals surface area contributed by atoms with E-state index in [1.54, 1.807) is 37.2 Å². The molecule has 2 aromatic rings. The molecule has 1 heterocycles. The Labute approximate surface area is 269 Å². The van der Waals surface area contributed by atoms with Gasteiger partial charge in [0, 0.05) is 37.8 Å². The van der Waals surface area contributed by atoms with Gasteiger partial charge in [-0.25, -0.2) is 4.39 Å². The quantitative estimate of drug-likeness (QED) is 0.299. The molecular formula is C33H37FN4O9. The number of fused-ring (bicyclic) bond motifs is 3. The van der Waals surface area contributed by atoms with Crippen molar-refractivity contribution in [3.8, 4) is 5.75 Å². The molecule has 4 unspecified atom stereocenters. The second kappa shape index (κ2) is 11.9. The highest BCUT2D eigenvalue weighted by molar-refractivity contribution is 6.32. The van der Waals surface area contributed by atoms with Crippen LogP contribution in [0.3, 0.4) is 0 Å². The van der Waals surface area contributed by atoms with Crippen LogP contribution in [-0.4, -0.2) is 97.0 Å². The fourth-order valence-electron chi connectivity index (χ4n) is 7.80. The van der Waals surface area contributed by atoms with Crippen molar-refractivity contribution in [3.63, 3.8) is 0 Å². The lowest BCUT2D eigenvalue weighted by atomic mass is 9.52. The molecule has 1 saturated heterocycles. The Balaban J connectivity index is 1.32. The number of aromatic hydroxyl groups is 1. The van der Waals surface area contributed by atoms with E-state index in [0.717, 1.165) is 5.56 Å². The highest BCUT2D eigenvalue weighted by Gasteiger charge is 2.69. The monoisotopic (exact) mass is 652 g/mol. The topological polar surface area (TPSA) is 189 Å². The van der Waals surface area contributed by atoms with E-state index in [1.165, 1.54) is 31.1 Å². The second-order valence-corrected chi connectivity index (χ2v) is 13.2. The average molecular weight is 653 g/mol. The average Bonchev–Trinajstić information content (AvgIpc) is 3.47. The highest BCUT2D eigenvalue weighted by Crippen LogP contribution is 2.52. The number of carbonyl (C=O) groups is 5. The molecule has 13 nitrogen and oxygen atoms in total. The molecule has 1 aliphatic heterocycles. The van der Waals surface area contributed by atoms with E-state index >= 15 is 0 Å². The zero-order chi connectivity index (χ0) is 34.1. The van der Waals surface area contributed by atoms with Crippen LogP contribution >= 0.6 is 0 Å². The van der Waals surface area contributed by atoms with E-state index in [-0.39, 0.29) is 43.1 Å². The van der Waals surface area contributed by atoms with Crippen molar-refractivity contribution < 1.29 is 48.0 Å². The van der Waals surface area contributed by atoms with Gasteiger partial charge in [0.2, 0.25) is 12.3 Å². The lowest BCUT2D eigenvalue weighted by Gasteiger charge is -2.52. The van der Waals surface area contributed by atoms with E-state index in [1.807, 2.05) is 0 Å². The van der Waals surface area contributed by atoms with Crippen LogP contribution < -0.4 is 16.0 Å². The van der Waals surface area contributed by atoms with Gasteiger partial charge in [-0.2, -0.15) is 0 Å². The van der Waals surface area contributed by atoms with E-state index in [2.05, 4.69) is 5.32 Å². The zero-order valence-corrected chi connectivity index (χ0v) is 26.4. The van der Waals surface area contributed by atoms with E-state index in [4.69, 9.17) is 15.2 Å². The molecule has 0 radical (unpaired) electrons. The third kappa shape index (κ3) is 5.15. The number of rotatable bonds is 7. The molecule has 47 heavy (non-hydrogen) atoms. The van der Waals surface area contributed by atoms with Crippen LogP contribution in [0.15, 0.2) is 30.3 Å². The third-order valence-electron chi connectivity index (χ3n) is 9.99. The number of ketones is 4. The number of carbonyl (C=O) groups excluding carboxylic acids is 5. The first-order chi connectivity index (χ1) is 22.2. The molecule has 8 atom stereocenters. The summed E-state index contributed by atoms with van der Waals surface area (Å²) in [5, 5.41) is 26.3. The standard InChI is InChI=1S/C33H37FN4O9/c1-37(2)20-11-16(12-36-32-46-13-21(47-32)14-5-7-17(34)8-6-14)26(39)23-18(20)9-15-10-19-25(38(3)4)28(41)24(31(35)44)30(43)33(19,45)29(42)22(15)27(23)40/h5-8,11,15,19,21-22,24-25,32,36,39,45H,9-10,12-13H2,1-4H3,(H2,35,44)/t15-,19-,21?,22?,24?,25-,32?,33-/m0/s1. The number of benzene rings is 2. The number of hydrogen-bond donors (Lipinski definition) is 4. The molecule has 14 heteroatoms. The van der Waals surface area contributed by atoms with Gasteiger partial charge in [0.15, 0.2) is 34.7 Å². The SMILES string of the molecule is CN(C)c1cc(CNC2OCC(c3ccc(F)cc3)O2)c(O)c2c1C[C@H]1C[C@H]3[C@H](N(C)C)C(=O)C(C(N)=O)C(=O)[C@@]3(O)C(=O)C1C2=O. The molecule has 4 aliphatic rings. The number of ether oxygens (including phenoxy) is 2. The first-order valence-corrected chi connectivity index (χ1v) is 15.3. The van der Waals surface area contributed by atoms with Crippen LogP contribution in [0.1, 0.15) is 39.6 Å². The van der Waals surface area contributed by atoms with Crippen molar-refractivity contribution in [3.05, 3.63) is 58.4 Å². The number of likely N-dealkylation sites (N-methyl/N-ethyl adjacent to an activating group) is 1. The smallest absolute Gasteiger partial charge is 0.235 e. The maximum absolute atomic E-state index is 14.2. The summed E-state index contributed by atoms with van der Waals surface area (Å²) in [6.07, 6.45) is -1.22. The van der Waals surface area contributed by atoms with Gasteiger partial charge in [0.1, 0.15) is 17.7 Å². The Bertz CT molecular complexity index is 1680. The van der Waals surface area contributed by atoms with Crippen LogP contribution in [0.25, 0.3) is 0 Å². The summed E-state index contributed by atoms with van der Waals surface area (Å²) in [4.78, 5) is 70.6. The lowest BCUT2D eigenvalue weighted by molar-refractivity contribution is -0.181. The number of nitrogens with one attached hydrogen (secondary N) is 1. The Hall–Kier alpha value is -4.08. The predicted octanol–water partition coefficient (Wildman–Crippen LogP) is 0.233. The van der Waals surface area contributed by atoms with Crippen LogP contribution in [0.2, 0.25) is 0 Å². The van der Waals surface area contributed by atoms with Gasteiger partial charge >= 0.3 is 0 Å². The number of primary amides is 1. The number of aliphatic hydroxyl groups is 1. The highest BCUT2D eigenvalue weighted by atomic mass is 19.1. The molecule has 0 aromatic heterocycles. The van der Waals surface area contributed by atoms with Crippen LogP contribution in [0, 0.1) is 29.5 Å². The molecule has 6 rings (SSSR count). The largest absolute Gasteiger partial charge is 0.507 e. The van der Waals surface area contributed by atoms with Crippen LogP contribution in [-0.2, 0) is 41.6 Å². The molecule has 0 spiro atoms. The number of amides is 1. The molecular weight excluding hydrogens is 615 g/mol. The Morgan fingerprint density at radius 1 is 1.11 bits per heavy atom. The fraction of sp³-hybridized carbons (Fsp3) is 0.485. The van der Waals surface area contributed by atoms with Gasteiger partial charge in [-0.1, -0.05) is 12.1 Å². The summed E-state index contributed by atoms with van der Waals surface area (Å²) < 4.78 is 24.9. The van der Waals surface area contributed by atoms with Crippen molar-refractivity contribution in [1.29, 1.82) is 0 Å². The van der Waals surface area contributed by atoms with Gasteiger partial charge < -0.3 is 30.3 Å². The van der Waals surface area contributed by atoms with Gasteiger partial charge in [0.25, 0.3) is 0 Å². The summed E-state index contributed by atoms with van der Waals surface area (Å²) in [5.41, 5.74) is 4.63. The first kappa shape index (κ1) is 32.8. The number of hydrogen-bond acceptors (Lipinski definition) is 12. The summed E-state index contributed by atoms with van der Waals surface area (Å²) in [6.45, 7) is 0.194. The number of halogens is 1. The van der Waals surface area contributed by atoms with E-state index in [0.29, 0.717) is 16.8 Å². The van der Waals surface area contributed by atoms with Gasteiger partial charge in [-0.05, 0) is 62.2 Å². The number of phenolic OH excluding ortho intramolecular Hbond substituents is 1. The molecule has 2 saturated carbocycles. The van der Waals surface area contributed by atoms with E-state index in [9.17, 15) is 38.6 Å². The van der Waals surface area contributed by atoms with Crippen molar-refractivity contribution in [2.24, 2.45) is 29.4 Å². The minimum absolute atomic E-state index is 0.00645. The maximum Gasteiger partial charge on any atom is 0.235 e. The number of anilines is 1. The Morgan fingerprint density at radius 2 is 1.79 bits per heavy atom.